The molecule has 0 aliphatic carbocycles. The zero-order valence-electron chi connectivity index (χ0n) is 13.0. The van der Waals surface area contributed by atoms with E-state index in [0.29, 0.717) is 0 Å². The molecule has 2 heteroatoms. The van der Waals surface area contributed by atoms with E-state index in [1.165, 1.54) is 15.2 Å². The van der Waals surface area contributed by atoms with Gasteiger partial charge in [0.25, 0.3) is 0 Å². The van der Waals surface area contributed by atoms with Gasteiger partial charge in [-0.2, -0.15) is 0 Å². The summed E-state index contributed by atoms with van der Waals surface area (Å²) in [6.07, 6.45) is 0. The van der Waals surface area contributed by atoms with Gasteiger partial charge in [0.2, 0.25) is 0 Å². The van der Waals surface area contributed by atoms with Gasteiger partial charge in [-0.3, -0.25) is 0 Å². The first-order valence-electron chi connectivity index (χ1n) is 7.17. The van der Waals surface area contributed by atoms with Gasteiger partial charge in [0.1, 0.15) is 16.1 Å². The van der Waals surface area contributed by atoms with Crippen LogP contribution in [0.1, 0.15) is 0 Å². The van der Waals surface area contributed by atoms with Crippen molar-refractivity contribution in [3.05, 3.63) is 72.1 Å². The Hall–Kier alpha value is -1.39. The molecule has 0 N–H and O–H groups in total. The Morgan fingerprint density at radius 3 is 1.25 bits per heavy atom. The number of hydrogen-bond acceptors (Lipinski definition) is 0. The van der Waals surface area contributed by atoms with Crippen LogP contribution in [0.4, 0.5) is 0 Å². The molecule has 0 atom stereocenters. The molecule has 0 aliphatic heterocycles. The van der Waals surface area contributed by atoms with E-state index in [1.54, 1.807) is 0 Å². The van der Waals surface area contributed by atoms with Crippen LogP contribution in [-0.4, -0.2) is 16.1 Å². The van der Waals surface area contributed by atoms with Gasteiger partial charge in [0.15, 0.2) is 0 Å². The second-order valence-corrected chi connectivity index (χ2v) is 15.8. The van der Waals surface area contributed by atoms with Gasteiger partial charge in [-0.1, -0.05) is 102 Å². The minimum atomic E-state index is -1.63. The normalized spacial score (nSPS) is 12.2. The van der Waals surface area contributed by atoms with Crippen molar-refractivity contribution in [3.63, 3.8) is 0 Å². The Labute approximate surface area is 125 Å². The lowest BCUT2D eigenvalue weighted by molar-refractivity contribution is 1.65. The van der Waals surface area contributed by atoms with Crippen LogP contribution >= 0.6 is 0 Å². The molecule has 2 aromatic rings. The highest BCUT2D eigenvalue weighted by Gasteiger charge is 2.38. The van der Waals surface area contributed by atoms with E-state index in [0.717, 1.165) is 0 Å². The Morgan fingerprint density at radius 2 is 0.950 bits per heavy atom. The summed E-state index contributed by atoms with van der Waals surface area (Å²) in [6, 6.07) is 21.9. The fraction of sp³-hybridized carbons (Fsp3) is 0.222. The molecule has 0 aliphatic rings. The molecule has 0 saturated carbocycles. The van der Waals surface area contributed by atoms with Crippen molar-refractivity contribution in [2.24, 2.45) is 0 Å². The predicted octanol–water partition coefficient (Wildman–Crippen LogP) is 3.85. The highest BCUT2D eigenvalue weighted by atomic mass is 28.4. The maximum Gasteiger partial charge on any atom is 0.103 e. The van der Waals surface area contributed by atoms with E-state index >= 15 is 0 Å². The van der Waals surface area contributed by atoms with Crippen LogP contribution in [-0.2, 0) is 0 Å². The lowest BCUT2D eigenvalue weighted by Crippen LogP contribution is -2.57. The van der Waals surface area contributed by atoms with Crippen molar-refractivity contribution in [3.8, 4) is 0 Å². The maximum atomic E-state index is 4.57. The second kappa shape index (κ2) is 5.54. The quantitative estimate of drug-likeness (QED) is 0.752. The molecule has 2 aromatic carbocycles. The summed E-state index contributed by atoms with van der Waals surface area (Å²) in [6.45, 7) is 14.3. The molecule has 0 nitrogen and oxygen atoms in total. The Bertz CT molecular complexity index is 530. The zero-order valence-corrected chi connectivity index (χ0v) is 15.0. The zero-order chi connectivity index (χ0) is 14.8. The largest absolute Gasteiger partial charge is 0.107 e. The van der Waals surface area contributed by atoms with Crippen LogP contribution in [0.2, 0.25) is 26.2 Å². The molecule has 0 radical (unpaired) electrons. The van der Waals surface area contributed by atoms with Gasteiger partial charge in [-0.05, 0) is 0 Å². The van der Waals surface area contributed by atoms with E-state index in [-0.39, 0.29) is 0 Å². The number of rotatable bonds is 4. The third kappa shape index (κ3) is 2.72. The molecule has 0 fully saturated rings. The average Bonchev–Trinajstić information content (AvgIpc) is 2.48. The Kier molecular flexibility index (Phi) is 4.16. The lowest BCUT2D eigenvalue weighted by atomic mass is 10.4. The first-order chi connectivity index (χ1) is 9.37. The van der Waals surface area contributed by atoms with Crippen molar-refractivity contribution in [2.45, 2.75) is 26.2 Å². The molecule has 104 valence electrons. The summed E-state index contributed by atoms with van der Waals surface area (Å²) in [5.41, 5.74) is 0. The van der Waals surface area contributed by atoms with Gasteiger partial charge in [-0.25, -0.2) is 0 Å². The summed E-state index contributed by atoms with van der Waals surface area (Å²) in [5, 5.41) is 2.98. The molecule has 0 saturated heterocycles. The predicted molar refractivity (Wildman–Crippen MR) is 96.3 cm³/mol. The Balaban J connectivity index is 2.40. The minimum Gasteiger partial charge on any atom is -0.107 e. The van der Waals surface area contributed by atoms with Crippen molar-refractivity contribution in [1.82, 2.24) is 0 Å². The molecule has 0 aromatic heterocycles. The molecular weight excluding hydrogens is 272 g/mol. The standard InChI is InChI=1S/C18H24Si2/c1-16(19(2,3)17-12-8-6-9-13-17)20(4,5)18-14-10-7-11-15-18/h6-15H,1H2,2-5H3. The van der Waals surface area contributed by atoms with Gasteiger partial charge < -0.3 is 0 Å². The van der Waals surface area contributed by atoms with Crippen LogP contribution in [0, 0.1) is 0 Å². The van der Waals surface area contributed by atoms with E-state index in [4.69, 9.17) is 0 Å². The molecule has 20 heavy (non-hydrogen) atoms. The highest BCUT2D eigenvalue weighted by molar-refractivity contribution is 7.15. The van der Waals surface area contributed by atoms with Crippen molar-refractivity contribution < 1.29 is 0 Å². The number of hydrogen-bond donors (Lipinski definition) is 0. The molecular formula is C18H24Si2. The van der Waals surface area contributed by atoms with Gasteiger partial charge in [0, 0.05) is 0 Å². The van der Waals surface area contributed by atoms with Crippen LogP contribution in [0.15, 0.2) is 72.1 Å². The second-order valence-electron chi connectivity index (χ2n) is 6.46. The smallest absolute Gasteiger partial charge is 0.103 e. The maximum absolute atomic E-state index is 4.57. The summed E-state index contributed by atoms with van der Waals surface area (Å²) >= 11 is 0. The van der Waals surface area contributed by atoms with Gasteiger partial charge >= 0.3 is 0 Å². The highest BCUT2D eigenvalue weighted by Crippen LogP contribution is 2.24. The summed E-state index contributed by atoms with van der Waals surface area (Å²) in [7, 11) is -3.27. The average molecular weight is 297 g/mol. The molecule has 2 rings (SSSR count). The first kappa shape index (κ1) is 15.0. The minimum absolute atomic E-state index is 1.49. The van der Waals surface area contributed by atoms with Gasteiger partial charge in [0.05, 0.1) is 0 Å². The van der Waals surface area contributed by atoms with Crippen LogP contribution in [0.3, 0.4) is 0 Å². The molecule has 0 amide bonds. The SMILES string of the molecule is C=C([Si](C)(C)c1ccccc1)[Si](C)(C)c1ccccc1. The number of benzene rings is 2. The van der Waals surface area contributed by atoms with Crippen molar-refractivity contribution in [1.29, 1.82) is 0 Å². The fourth-order valence-electron chi connectivity index (χ4n) is 2.84. The van der Waals surface area contributed by atoms with E-state index in [2.05, 4.69) is 93.4 Å². The monoisotopic (exact) mass is 296 g/mol. The first-order valence-corrected chi connectivity index (χ1v) is 13.2. The summed E-state index contributed by atoms with van der Waals surface area (Å²) in [5.74, 6) is 0. The molecule has 0 unspecified atom stereocenters. The van der Waals surface area contributed by atoms with Crippen LogP contribution in [0.5, 0.6) is 0 Å². The molecule has 0 spiro atoms. The topological polar surface area (TPSA) is 0 Å². The van der Waals surface area contributed by atoms with Crippen molar-refractivity contribution in [2.75, 3.05) is 0 Å². The lowest BCUT2D eigenvalue weighted by Gasteiger charge is -2.36. The third-order valence-corrected chi connectivity index (χ3v) is 14.8. The fourth-order valence-corrected chi connectivity index (χ4v) is 12.7. The van der Waals surface area contributed by atoms with Crippen molar-refractivity contribution >= 4 is 26.5 Å². The van der Waals surface area contributed by atoms with Crippen LogP contribution in [0.25, 0.3) is 0 Å². The summed E-state index contributed by atoms with van der Waals surface area (Å²) < 4.78 is 0. The van der Waals surface area contributed by atoms with Crippen LogP contribution < -0.4 is 10.4 Å². The van der Waals surface area contributed by atoms with Gasteiger partial charge in [-0.15, -0.1) is 6.58 Å². The third-order valence-electron chi connectivity index (χ3n) is 4.50. The van der Waals surface area contributed by atoms with E-state index in [1.807, 2.05) is 0 Å². The molecule has 0 bridgehead atoms. The summed E-state index contributed by atoms with van der Waals surface area (Å²) in [4.78, 5) is 1.52. The molecule has 0 heterocycles. The Morgan fingerprint density at radius 1 is 0.650 bits per heavy atom. The van der Waals surface area contributed by atoms with E-state index < -0.39 is 16.1 Å². The van der Waals surface area contributed by atoms with E-state index in [9.17, 15) is 0 Å².